The van der Waals surface area contributed by atoms with E-state index in [-0.39, 0.29) is 11.9 Å². The van der Waals surface area contributed by atoms with E-state index in [0.29, 0.717) is 12.0 Å². The average Bonchev–Trinajstić information content (AvgIpc) is 3.10. The number of nitrogens with zero attached hydrogens (tertiary/aromatic N) is 1. The highest BCUT2D eigenvalue weighted by atomic mass is 16.5. The van der Waals surface area contributed by atoms with Crippen LogP contribution in [-0.4, -0.2) is 35.6 Å². The van der Waals surface area contributed by atoms with Crippen LogP contribution < -0.4 is 4.74 Å². The summed E-state index contributed by atoms with van der Waals surface area (Å²) in [5, 5.41) is 10.5. The molecule has 3 rings (SSSR count). The lowest BCUT2D eigenvalue weighted by atomic mass is 10.00. The number of methoxy groups -OCH3 is 1. The molecular formula is C21H25NO3. The molecule has 1 aliphatic rings. The topological polar surface area (TPSA) is 49.8 Å². The van der Waals surface area contributed by atoms with Gasteiger partial charge in [-0.15, -0.1) is 0 Å². The molecule has 2 unspecified atom stereocenters. The zero-order chi connectivity index (χ0) is 17.8. The zero-order valence-electron chi connectivity index (χ0n) is 14.8. The Morgan fingerprint density at radius 1 is 1.28 bits per heavy atom. The second kappa shape index (κ2) is 7.70. The number of hydrogen-bond acceptors (Lipinski definition) is 3. The normalized spacial score (nSPS) is 18.2. The number of aryl methyl sites for hydroxylation is 1. The summed E-state index contributed by atoms with van der Waals surface area (Å²) in [6.07, 6.45) is 1.92. The molecule has 0 bridgehead atoms. The molecule has 1 N–H and O–H groups in total. The molecule has 25 heavy (non-hydrogen) atoms. The molecule has 2 atom stereocenters. The van der Waals surface area contributed by atoms with Crippen molar-refractivity contribution in [1.82, 2.24) is 4.90 Å². The summed E-state index contributed by atoms with van der Waals surface area (Å²) >= 11 is 0. The van der Waals surface area contributed by atoms with Gasteiger partial charge in [-0.2, -0.15) is 0 Å². The van der Waals surface area contributed by atoms with Crippen molar-refractivity contribution in [1.29, 1.82) is 0 Å². The van der Waals surface area contributed by atoms with Crippen LogP contribution in [-0.2, 0) is 0 Å². The van der Waals surface area contributed by atoms with E-state index in [4.69, 9.17) is 4.74 Å². The number of carbonyl (C=O) groups excluding carboxylic acids is 1. The molecule has 132 valence electrons. The van der Waals surface area contributed by atoms with Crippen LogP contribution in [0.1, 0.15) is 46.9 Å². The van der Waals surface area contributed by atoms with Gasteiger partial charge in [0, 0.05) is 18.2 Å². The molecule has 0 radical (unpaired) electrons. The van der Waals surface area contributed by atoms with Crippen LogP contribution in [0, 0.1) is 6.92 Å². The van der Waals surface area contributed by atoms with E-state index in [0.717, 1.165) is 36.3 Å². The molecule has 1 saturated heterocycles. The SMILES string of the molecule is COc1cc(C(=O)N2CCCC2CC(O)c2ccccc2)ccc1C. The van der Waals surface area contributed by atoms with E-state index in [9.17, 15) is 9.90 Å². The molecule has 0 aliphatic carbocycles. The van der Waals surface area contributed by atoms with Crippen LogP contribution >= 0.6 is 0 Å². The Labute approximate surface area is 149 Å². The first-order chi connectivity index (χ1) is 12.1. The second-order valence-corrected chi connectivity index (χ2v) is 6.64. The summed E-state index contributed by atoms with van der Waals surface area (Å²) in [4.78, 5) is 14.8. The van der Waals surface area contributed by atoms with Crippen molar-refractivity contribution >= 4 is 5.91 Å². The quantitative estimate of drug-likeness (QED) is 0.903. The van der Waals surface area contributed by atoms with Crippen LogP contribution in [0.25, 0.3) is 0 Å². The van der Waals surface area contributed by atoms with Gasteiger partial charge in [-0.3, -0.25) is 4.79 Å². The van der Waals surface area contributed by atoms with E-state index in [2.05, 4.69) is 0 Å². The predicted octanol–water partition coefficient (Wildman–Crippen LogP) is 3.73. The Morgan fingerprint density at radius 2 is 2.04 bits per heavy atom. The smallest absolute Gasteiger partial charge is 0.254 e. The Bertz CT molecular complexity index is 729. The lowest BCUT2D eigenvalue weighted by molar-refractivity contribution is 0.0666. The fourth-order valence-electron chi connectivity index (χ4n) is 3.54. The fourth-order valence-corrected chi connectivity index (χ4v) is 3.54. The maximum atomic E-state index is 12.9. The van der Waals surface area contributed by atoms with Crippen molar-refractivity contribution in [2.24, 2.45) is 0 Å². The third kappa shape index (κ3) is 3.85. The van der Waals surface area contributed by atoms with Crippen LogP contribution in [0.15, 0.2) is 48.5 Å². The van der Waals surface area contributed by atoms with E-state index in [1.54, 1.807) is 13.2 Å². The van der Waals surface area contributed by atoms with Crippen molar-refractivity contribution in [3.63, 3.8) is 0 Å². The third-order valence-corrected chi connectivity index (χ3v) is 4.97. The molecule has 1 amide bonds. The Kier molecular flexibility index (Phi) is 5.39. The second-order valence-electron chi connectivity index (χ2n) is 6.64. The maximum Gasteiger partial charge on any atom is 0.254 e. The van der Waals surface area contributed by atoms with Gasteiger partial charge < -0.3 is 14.7 Å². The Morgan fingerprint density at radius 3 is 2.76 bits per heavy atom. The van der Waals surface area contributed by atoms with Gasteiger partial charge in [-0.1, -0.05) is 36.4 Å². The minimum absolute atomic E-state index is 0.0149. The number of amides is 1. The highest BCUT2D eigenvalue weighted by Crippen LogP contribution is 2.29. The van der Waals surface area contributed by atoms with Crippen molar-refractivity contribution < 1.29 is 14.6 Å². The lowest BCUT2D eigenvalue weighted by Gasteiger charge is -2.27. The largest absolute Gasteiger partial charge is 0.496 e. The van der Waals surface area contributed by atoms with Crippen molar-refractivity contribution in [3.05, 3.63) is 65.2 Å². The van der Waals surface area contributed by atoms with Gasteiger partial charge in [0.2, 0.25) is 0 Å². The Balaban J connectivity index is 1.74. The first-order valence-corrected chi connectivity index (χ1v) is 8.78. The first-order valence-electron chi connectivity index (χ1n) is 8.78. The van der Waals surface area contributed by atoms with E-state index >= 15 is 0 Å². The number of benzene rings is 2. The van der Waals surface area contributed by atoms with Crippen molar-refractivity contribution in [2.75, 3.05) is 13.7 Å². The molecule has 1 aliphatic heterocycles. The van der Waals surface area contributed by atoms with Gasteiger partial charge in [0.1, 0.15) is 5.75 Å². The average molecular weight is 339 g/mol. The van der Waals surface area contributed by atoms with Gasteiger partial charge in [-0.05, 0) is 49.4 Å². The van der Waals surface area contributed by atoms with Gasteiger partial charge in [0.05, 0.1) is 13.2 Å². The lowest BCUT2D eigenvalue weighted by Crippen LogP contribution is -2.36. The number of hydrogen-bond donors (Lipinski definition) is 1. The summed E-state index contributed by atoms with van der Waals surface area (Å²) in [7, 11) is 1.62. The molecular weight excluding hydrogens is 314 g/mol. The summed E-state index contributed by atoms with van der Waals surface area (Å²) in [5.41, 5.74) is 2.55. The van der Waals surface area contributed by atoms with Crippen LogP contribution in [0.3, 0.4) is 0 Å². The van der Waals surface area contributed by atoms with Crippen LogP contribution in [0.2, 0.25) is 0 Å². The monoisotopic (exact) mass is 339 g/mol. The van der Waals surface area contributed by atoms with Gasteiger partial charge in [0.15, 0.2) is 0 Å². The minimum Gasteiger partial charge on any atom is -0.496 e. The maximum absolute atomic E-state index is 12.9. The molecule has 0 saturated carbocycles. The minimum atomic E-state index is -0.549. The summed E-state index contributed by atoms with van der Waals surface area (Å²) in [6.45, 7) is 2.70. The molecule has 2 aromatic rings. The van der Waals surface area contributed by atoms with Crippen molar-refractivity contribution in [3.8, 4) is 5.75 Å². The van der Waals surface area contributed by atoms with E-state index in [1.807, 2.05) is 54.3 Å². The summed E-state index contributed by atoms with van der Waals surface area (Å²) in [6, 6.07) is 15.3. The van der Waals surface area contributed by atoms with Crippen LogP contribution in [0.5, 0.6) is 5.75 Å². The number of carbonyl (C=O) groups is 1. The number of likely N-dealkylation sites (tertiary alicyclic amines) is 1. The summed E-state index contributed by atoms with van der Waals surface area (Å²) in [5.74, 6) is 0.743. The number of rotatable bonds is 5. The van der Waals surface area contributed by atoms with Gasteiger partial charge in [-0.25, -0.2) is 0 Å². The van der Waals surface area contributed by atoms with Gasteiger partial charge >= 0.3 is 0 Å². The van der Waals surface area contributed by atoms with Crippen molar-refractivity contribution in [2.45, 2.75) is 38.3 Å². The summed E-state index contributed by atoms with van der Waals surface area (Å²) < 4.78 is 5.34. The first kappa shape index (κ1) is 17.5. The van der Waals surface area contributed by atoms with Gasteiger partial charge in [0.25, 0.3) is 5.91 Å². The highest BCUT2D eigenvalue weighted by molar-refractivity contribution is 5.95. The number of aliphatic hydroxyl groups excluding tert-OH is 1. The molecule has 0 aromatic heterocycles. The highest BCUT2D eigenvalue weighted by Gasteiger charge is 2.31. The molecule has 4 heteroatoms. The molecule has 2 aromatic carbocycles. The van der Waals surface area contributed by atoms with Crippen LogP contribution in [0.4, 0.5) is 0 Å². The zero-order valence-corrected chi connectivity index (χ0v) is 14.8. The molecule has 1 heterocycles. The molecule has 0 spiro atoms. The predicted molar refractivity (Wildman–Crippen MR) is 97.8 cm³/mol. The van der Waals surface area contributed by atoms with E-state index in [1.165, 1.54) is 0 Å². The standard InChI is InChI=1S/C21H25NO3/c1-15-10-11-17(13-20(15)25-2)21(24)22-12-6-9-18(22)14-19(23)16-7-4-3-5-8-16/h3-5,7-8,10-11,13,18-19,23H,6,9,12,14H2,1-2H3. The number of ether oxygens (including phenoxy) is 1. The van der Waals surface area contributed by atoms with E-state index < -0.39 is 6.10 Å². The third-order valence-electron chi connectivity index (χ3n) is 4.97. The number of aliphatic hydroxyl groups is 1. The Hall–Kier alpha value is -2.33. The molecule has 1 fully saturated rings. The fraction of sp³-hybridized carbons (Fsp3) is 0.381. The molecule has 4 nitrogen and oxygen atoms in total.